The third kappa shape index (κ3) is 3.36. The van der Waals surface area contributed by atoms with Crippen molar-refractivity contribution in [3.63, 3.8) is 0 Å². The lowest BCUT2D eigenvalue weighted by Gasteiger charge is -2.02. The first-order valence-corrected chi connectivity index (χ1v) is 4.39. The predicted molar refractivity (Wildman–Crippen MR) is 53.0 cm³/mol. The van der Waals surface area contributed by atoms with Gasteiger partial charge >= 0.3 is 0 Å². The van der Waals surface area contributed by atoms with Gasteiger partial charge in [0.05, 0.1) is 0 Å². The van der Waals surface area contributed by atoms with E-state index >= 15 is 0 Å². The fourth-order valence-electron chi connectivity index (χ4n) is 1.25. The smallest absolute Gasteiger partial charge is 0.119 e. The van der Waals surface area contributed by atoms with Crippen LogP contribution in [-0.4, -0.2) is 10.2 Å². The molecule has 0 atom stereocenters. The largest absolute Gasteiger partial charge is 0.508 e. The SMILES string of the molecule is [2H]C([2H])([2H])CCCCc1cc(O)cc(O)c1. The second-order valence-electron chi connectivity index (χ2n) is 3.06. The highest BCUT2D eigenvalue weighted by atomic mass is 16.3. The molecule has 1 rings (SSSR count). The molecule has 0 saturated heterocycles. The molecule has 1 aromatic rings. The lowest BCUT2D eigenvalue weighted by atomic mass is 10.1. The number of phenolic OH excluding ortho intramolecular Hbond substituents is 2. The van der Waals surface area contributed by atoms with Crippen LogP contribution in [0.3, 0.4) is 0 Å². The molecule has 2 N–H and O–H groups in total. The van der Waals surface area contributed by atoms with Gasteiger partial charge in [0.15, 0.2) is 0 Å². The maximum atomic E-state index is 9.23. The number of rotatable bonds is 4. The fraction of sp³-hybridized carbons (Fsp3) is 0.455. The van der Waals surface area contributed by atoms with Gasteiger partial charge in [0, 0.05) is 10.2 Å². The van der Waals surface area contributed by atoms with E-state index in [0.29, 0.717) is 12.8 Å². The molecule has 1 aromatic carbocycles. The van der Waals surface area contributed by atoms with Crippen molar-refractivity contribution < 1.29 is 14.3 Å². The van der Waals surface area contributed by atoms with Gasteiger partial charge in [-0.2, -0.15) is 0 Å². The van der Waals surface area contributed by atoms with Gasteiger partial charge in [-0.1, -0.05) is 19.7 Å². The molecule has 0 aliphatic heterocycles. The van der Waals surface area contributed by atoms with E-state index in [9.17, 15) is 10.2 Å². The highest BCUT2D eigenvalue weighted by Crippen LogP contribution is 2.21. The number of aryl methyl sites for hydroxylation is 1. The Kier molecular flexibility index (Phi) is 2.30. The van der Waals surface area contributed by atoms with Crippen molar-refractivity contribution >= 4 is 0 Å². The number of unbranched alkanes of at least 4 members (excludes halogenated alkanes) is 1. The maximum Gasteiger partial charge on any atom is 0.119 e. The monoisotopic (exact) mass is 183 g/mol. The average Bonchev–Trinajstić information content (AvgIpc) is 2.09. The Morgan fingerprint density at radius 1 is 1.15 bits per heavy atom. The predicted octanol–water partition coefficient (Wildman–Crippen LogP) is 2.83. The minimum atomic E-state index is -1.86. The topological polar surface area (TPSA) is 40.5 Å². The van der Waals surface area contributed by atoms with Gasteiger partial charge in [-0.05, 0) is 30.5 Å². The maximum absolute atomic E-state index is 9.23. The Hall–Kier alpha value is -1.18. The van der Waals surface area contributed by atoms with Crippen LogP contribution in [0.2, 0.25) is 0 Å². The molecule has 0 aliphatic carbocycles. The number of benzene rings is 1. The number of phenols is 2. The van der Waals surface area contributed by atoms with Crippen molar-refractivity contribution in [2.24, 2.45) is 0 Å². The first-order chi connectivity index (χ1) is 7.37. The van der Waals surface area contributed by atoms with Gasteiger partial charge in [0.1, 0.15) is 11.5 Å². The number of hydrogen-bond donors (Lipinski definition) is 2. The van der Waals surface area contributed by atoms with Crippen molar-refractivity contribution in [2.75, 3.05) is 0 Å². The summed E-state index contributed by atoms with van der Waals surface area (Å²) in [6.07, 6.45) is 2.23. The molecular formula is C11H16O2. The standard InChI is InChI=1S/C11H16O2/c1-2-3-4-5-9-6-10(12)8-11(13)7-9/h6-8,12-13H,2-5H2,1H3/i1D3. The van der Waals surface area contributed by atoms with Gasteiger partial charge in [-0.25, -0.2) is 0 Å². The minimum Gasteiger partial charge on any atom is -0.508 e. The zero-order chi connectivity index (χ0) is 12.2. The summed E-state index contributed by atoms with van der Waals surface area (Å²) < 4.78 is 21.1. The van der Waals surface area contributed by atoms with Crippen molar-refractivity contribution in [2.45, 2.75) is 32.5 Å². The van der Waals surface area contributed by atoms with Crippen LogP contribution in [0, 0.1) is 0 Å². The molecule has 2 nitrogen and oxygen atoms in total. The van der Waals surface area contributed by atoms with Crippen molar-refractivity contribution in [3.05, 3.63) is 23.8 Å². The molecule has 0 spiro atoms. The van der Waals surface area contributed by atoms with Crippen LogP contribution in [-0.2, 0) is 6.42 Å². The first-order valence-electron chi connectivity index (χ1n) is 5.89. The van der Waals surface area contributed by atoms with Gasteiger partial charge in [-0.15, -0.1) is 0 Å². The Morgan fingerprint density at radius 3 is 2.46 bits per heavy atom. The summed E-state index contributed by atoms with van der Waals surface area (Å²) in [7, 11) is 0. The number of aromatic hydroxyl groups is 2. The summed E-state index contributed by atoms with van der Waals surface area (Å²) in [6.45, 7) is -1.86. The molecule has 2 heteroatoms. The zero-order valence-corrected chi connectivity index (χ0v) is 7.45. The number of hydrogen-bond acceptors (Lipinski definition) is 2. The van der Waals surface area contributed by atoms with E-state index < -0.39 is 6.85 Å². The van der Waals surface area contributed by atoms with Crippen LogP contribution in [0.5, 0.6) is 11.5 Å². The average molecular weight is 183 g/mol. The minimum absolute atomic E-state index is 0.0332. The zero-order valence-electron chi connectivity index (χ0n) is 10.5. The summed E-state index contributed by atoms with van der Waals surface area (Å²) in [5.74, 6) is 0.0663. The second-order valence-corrected chi connectivity index (χ2v) is 3.06. The van der Waals surface area contributed by atoms with E-state index in [1.54, 1.807) is 12.1 Å². The molecule has 0 heterocycles. The van der Waals surface area contributed by atoms with Crippen molar-refractivity contribution in [1.82, 2.24) is 0 Å². The van der Waals surface area contributed by atoms with Crippen LogP contribution in [0.1, 0.15) is 35.8 Å². The van der Waals surface area contributed by atoms with Crippen LogP contribution in [0.25, 0.3) is 0 Å². The van der Waals surface area contributed by atoms with E-state index in [1.165, 1.54) is 6.07 Å². The summed E-state index contributed by atoms with van der Waals surface area (Å²) in [6, 6.07) is 4.43. The molecule has 0 radical (unpaired) electrons. The van der Waals surface area contributed by atoms with Gasteiger partial charge < -0.3 is 10.2 Å². The van der Waals surface area contributed by atoms with Crippen LogP contribution >= 0.6 is 0 Å². The van der Waals surface area contributed by atoms with Crippen LogP contribution in [0.4, 0.5) is 0 Å². The lowest BCUT2D eigenvalue weighted by Crippen LogP contribution is -1.84. The van der Waals surface area contributed by atoms with Crippen LogP contribution in [0.15, 0.2) is 18.2 Å². The Morgan fingerprint density at radius 2 is 1.85 bits per heavy atom. The molecule has 13 heavy (non-hydrogen) atoms. The molecule has 0 unspecified atom stereocenters. The first kappa shape index (κ1) is 6.30. The molecule has 0 fully saturated rings. The molecule has 72 valence electrons. The van der Waals surface area contributed by atoms with E-state index in [4.69, 9.17) is 4.11 Å². The molecule has 0 saturated carbocycles. The molecular weight excluding hydrogens is 164 g/mol. The Bertz CT molecular complexity index is 327. The Labute approximate surface area is 83.1 Å². The van der Waals surface area contributed by atoms with Crippen molar-refractivity contribution in [1.29, 1.82) is 0 Å². The Balaban J connectivity index is 2.37. The molecule has 0 aromatic heterocycles. The van der Waals surface area contributed by atoms with Gasteiger partial charge in [0.2, 0.25) is 0 Å². The molecule has 0 bridgehead atoms. The van der Waals surface area contributed by atoms with Crippen LogP contribution < -0.4 is 0 Å². The summed E-state index contributed by atoms with van der Waals surface area (Å²) in [5, 5.41) is 18.5. The molecule has 0 aliphatic rings. The van der Waals surface area contributed by atoms with E-state index in [-0.39, 0.29) is 17.9 Å². The third-order valence-corrected chi connectivity index (χ3v) is 1.85. The fourth-order valence-corrected chi connectivity index (χ4v) is 1.25. The van der Waals surface area contributed by atoms with E-state index in [2.05, 4.69) is 0 Å². The summed E-state index contributed by atoms with van der Waals surface area (Å²) in [5.41, 5.74) is 0.822. The summed E-state index contributed by atoms with van der Waals surface area (Å²) >= 11 is 0. The summed E-state index contributed by atoms with van der Waals surface area (Å²) in [4.78, 5) is 0. The highest BCUT2D eigenvalue weighted by molar-refractivity contribution is 5.36. The van der Waals surface area contributed by atoms with Crippen molar-refractivity contribution in [3.8, 4) is 11.5 Å². The quantitative estimate of drug-likeness (QED) is 0.705. The normalized spacial score (nSPS) is 14.6. The third-order valence-electron chi connectivity index (χ3n) is 1.85. The second kappa shape index (κ2) is 4.75. The van der Waals surface area contributed by atoms with Gasteiger partial charge in [0.25, 0.3) is 0 Å². The molecule has 0 amide bonds. The lowest BCUT2D eigenvalue weighted by molar-refractivity contribution is 0.449. The van der Waals surface area contributed by atoms with E-state index in [0.717, 1.165) is 12.0 Å². The van der Waals surface area contributed by atoms with E-state index in [1.807, 2.05) is 0 Å². The highest BCUT2D eigenvalue weighted by Gasteiger charge is 1.98. The van der Waals surface area contributed by atoms with Gasteiger partial charge in [-0.3, -0.25) is 0 Å².